The van der Waals surface area contributed by atoms with Crippen LogP contribution in [0.3, 0.4) is 0 Å². The Balaban J connectivity index is 1.64. The van der Waals surface area contributed by atoms with E-state index in [9.17, 15) is 9.59 Å². The number of hydrogen-bond donors (Lipinski definition) is 0. The van der Waals surface area contributed by atoms with Crippen molar-refractivity contribution in [2.45, 2.75) is 207 Å². The molecule has 3 fully saturated rings. The van der Waals surface area contributed by atoms with Crippen molar-refractivity contribution in [1.82, 2.24) is 4.90 Å². The second-order valence-corrected chi connectivity index (χ2v) is 16.4. The number of unbranched alkanes of at least 4 members (excludes halogenated alkanes) is 8. The number of nitrogens with zero attached hydrogens (tertiary/aromatic N) is 1. The molecule has 50 heavy (non-hydrogen) atoms. The van der Waals surface area contributed by atoms with E-state index < -0.39 is 0 Å². The molecule has 6 nitrogen and oxygen atoms in total. The molecule has 0 aromatic rings. The highest BCUT2D eigenvalue weighted by Gasteiger charge is 2.39. The molecule has 3 aliphatic rings. The number of carbonyl (C=O) groups is 2. The molecule has 0 radical (unpaired) electrons. The Kier molecular flexibility index (Phi) is 25.0. The van der Waals surface area contributed by atoms with Gasteiger partial charge in [-0.25, -0.2) is 0 Å². The lowest BCUT2D eigenvalue weighted by molar-refractivity contribution is -0.150. The SMILES string of the molecule is C/C=C(\CCCC(CCCCCCCC(=O)OCCC(CCCCC)CCCCC)OC(=O)CCCN(C)C)OCCC12CCC(CC1)CC2. The standard InChI is InChI=1S/C44H81NO5/c1-6-9-14-20-38(21-15-10-7-2)30-36-49-42(46)25-17-13-11-12-16-22-41(50-43(47)26-19-35-45(4)5)24-18-23-40(8-3)48-37-34-44-31-27-39(28-32-44)29-33-44/h8,38-39,41H,6-7,9-37H2,1-5H3/b40-8+. The average molecular weight is 704 g/mol. The summed E-state index contributed by atoms with van der Waals surface area (Å²) in [5, 5.41) is 0. The number of ether oxygens (including phenoxy) is 3. The third-order valence-electron chi connectivity index (χ3n) is 11.9. The summed E-state index contributed by atoms with van der Waals surface area (Å²) in [7, 11) is 4.08. The molecule has 3 aliphatic carbocycles. The highest BCUT2D eigenvalue weighted by molar-refractivity contribution is 5.69. The first-order valence-corrected chi connectivity index (χ1v) is 21.6. The van der Waals surface area contributed by atoms with E-state index in [1.54, 1.807) is 0 Å². The van der Waals surface area contributed by atoms with E-state index in [-0.39, 0.29) is 18.0 Å². The van der Waals surface area contributed by atoms with Gasteiger partial charge >= 0.3 is 11.9 Å². The van der Waals surface area contributed by atoms with Gasteiger partial charge in [-0.05, 0) is 141 Å². The molecule has 2 bridgehead atoms. The van der Waals surface area contributed by atoms with Crippen molar-refractivity contribution < 1.29 is 23.8 Å². The van der Waals surface area contributed by atoms with E-state index in [1.807, 2.05) is 14.1 Å². The predicted molar refractivity (Wildman–Crippen MR) is 209 cm³/mol. The Morgan fingerprint density at radius 1 is 0.680 bits per heavy atom. The number of carbonyl (C=O) groups excluding carboxylic acids is 2. The number of allylic oxidation sites excluding steroid dienone is 2. The third-order valence-corrected chi connectivity index (χ3v) is 11.9. The van der Waals surface area contributed by atoms with Crippen LogP contribution in [0.15, 0.2) is 11.8 Å². The molecule has 3 rings (SSSR count). The third kappa shape index (κ3) is 21.1. The van der Waals surface area contributed by atoms with Gasteiger partial charge in [0.1, 0.15) is 6.10 Å². The summed E-state index contributed by atoms with van der Waals surface area (Å²) in [5.41, 5.74) is 0.549. The summed E-state index contributed by atoms with van der Waals surface area (Å²) in [4.78, 5) is 27.2. The molecule has 0 aliphatic heterocycles. The van der Waals surface area contributed by atoms with Crippen LogP contribution in [-0.2, 0) is 23.8 Å². The summed E-state index contributed by atoms with van der Waals surface area (Å²) in [5.74, 6) is 2.71. The van der Waals surface area contributed by atoms with Crippen LogP contribution in [0.4, 0.5) is 0 Å². The van der Waals surface area contributed by atoms with E-state index >= 15 is 0 Å². The van der Waals surface area contributed by atoms with Crippen molar-refractivity contribution in [1.29, 1.82) is 0 Å². The Labute approximate surface area is 309 Å². The van der Waals surface area contributed by atoms with Gasteiger partial charge in [-0.2, -0.15) is 0 Å². The van der Waals surface area contributed by atoms with Gasteiger partial charge in [0.05, 0.1) is 19.0 Å². The molecule has 6 heteroatoms. The maximum absolute atomic E-state index is 12.7. The quantitative estimate of drug-likeness (QED) is 0.0395. The van der Waals surface area contributed by atoms with Crippen molar-refractivity contribution in [3.05, 3.63) is 11.8 Å². The Morgan fingerprint density at radius 3 is 1.92 bits per heavy atom. The van der Waals surface area contributed by atoms with Crippen LogP contribution in [-0.4, -0.2) is 56.8 Å². The molecule has 0 heterocycles. The summed E-state index contributed by atoms with van der Waals surface area (Å²) in [6.07, 6.45) is 33.8. The summed E-state index contributed by atoms with van der Waals surface area (Å²) in [6, 6.07) is 0. The van der Waals surface area contributed by atoms with Crippen molar-refractivity contribution in [3.8, 4) is 0 Å². The minimum absolute atomic E-state index is 0.0287. The summed E-state index contributed by atoms with van der Waals surface area (Å²) >= 11 is 0. The van der Waals surface area contributed by atoms with Gasteiger partial charge in [0.15, 0.2) is 0 Å². The largest absolute Gasteiger partial charge is 0.498 e. The van der Waals surface area contributed by atoms with Crippen LogP contribution in [0.1, 0.15) is 201 Å². The fourth-order valence-electron chi connectivity index (χ4n) is 8.35. The zero-order valence-corrected chi connectivity index (χ0v) is 33.7. The Morgan fingerprint density at radius 2 is 1.28 bits per heavy atom. The molecular weight excluding hydrogens is 622 g/mol. The van der Waals surface area contributed by atoms with E-state index in [4.69, 9.17) is 14.2 Å². The van der Waals surface area contributed by atoms with Crippen molar-refractivity contribution in [2.75, 3.05) is 33.9 Å². The lowest BCUT2D eigenvalue weighted by atomic mass is 9.59. The average Bonchev–Trinajstić information content (AvgIpc) is 3.11. The van der Waals surface area contributed by atoms with Crippen LogP contribution in [0, 0.1) is 17.3 Å². The fourth-order valence-corrected chi connectivity index (χ4v) is 8.35. The topological polar surface area (TPSA) is 65.1 Å². The van der Waals surface area contributed by atoms with Gasteiger partial charge in [0.2, 0.25) is 0 Å². The van der Waals surface area contributed by atoms with Gasteiger partial charge in [0, 0.05) is 19.3 Å². The smallest absolute Gasteiger partial charge is 0.306 e. The number of esters is 2. The maximum atomic E-state index is 12.7. The molecule has 0 aromatic carbocycles. The monoisotopic (exact) mass is 704 g/mol. The second kappa shape index (κ2) is 28.0. The van der Waals surface area contributed by atoms with E-state index in [2.05, 4.69) is 31.7 Å². The van der Waals surface area contributed by atoms with Crippen LogP contribution in [0.5, 0.6) is 0 Å². The number of rotatable bonds is 32. The second-order valence-electron chi connectivity index (χ2n) is 16.4. The fraction of sp³-hybridized carbons (Fsp3) is 0.909. The molecule has 0 amide bonds. The minimum Gasteiger partial charge on any atom is -0.498 e. The van der Waals surface area contributed by atoms with E-state index in [0.717, 1.165) is 95.5 Å². The molecule has 292 valence electrons. The minimum atomic E-state index is -0.0624. The van der Waals surface area contributed by atoms with Crippen LogP contribution in [0.2, 0.25) is 0 Å². The highest BCUT2D eigenvalue weighted by Crippen LogP contribution is 2.52. The molecule has 0 spiro atoms. The first kappa shape index (κ1) is 44.6. The zero-order valence-electron chi connectivity index (χ0n) is 33.7. The van der Waals surface area contributed by atoms with Crippen molar-refractivity contribution in [2.24, 2.45) is 17.3 Å². The van der Waals surface area contributed by atoms with Gasteiger partial charge in [0.25, 0.3) is 0 Å². The Bertz CT molecular complexity index is 869. The van der Waals surface area contributed by atoms with Crippen molar-refractivity contribution >= 4 is 11.9 Å². The lowest BCUT2D eigenvalue weighted by Crippen LogP contribution is -2.34. The Hall–Kier alpha value is -1.56. The van der Waals surface area contributed by atoms with Crippen LogP contribution >= 0.6 is 0 Å². The molecule has 1 unspecified atom stereocenters. The summed E-state index contributed by atoms with van der Waals surface area (Å²) in [6.45, 7) is 8.92. The molecule has 3 saturated carbocycles. The zero-order chi connectivity index (χ0) is 36.3. The van der Waals surface area contributed by atoms with Crippen LogP contribution < -0.4 is 0 Å². The van der Waals surface area contributed by atoms with E-state index in [1.165, 1.54) is 96.3 Å². The molecular formula is C44H81NO5. The number of hydrogen-bond acceptors (Lipinski definition) is 6. The van der Waals surface area contributed by atoms with Gasteiger partial charge in [-0.3, -0.25) is 9.59 Å². The van der Waals surface area contributed by atoms with Gasteiger partial charge < -0.3 is 19.1 Å². The molecule has 1 atom stereocenters. The predicted octanol–water partition coefficient (Wildman–Crippen LogP) is 12.1. The van der Waals surface area contributed by atoms with Crippen LogP contribution in [0.25, 0.3) is 0 Å². The maximum Gasteiger partial charge on any atom is 0.306 e. The molecule has 0 aromatic heterocycles. The first-order valence-electron chi connectivity index (χ1n) is 21.6. The molecule has 0 N–H and O–H groups in total. The first-order chi connectivity index (χ1) is 24.3. The lowest BCUT2D eigenvalue weighted by Gasteiger charge is -2.46. The highest BCUT2D eigenvalue weighted by atomic mass is 16.5. The van der Waals surface area contributed by atoms with Gasteiger partial charge in [-0.15, -0.1) is 0 Å². The molecule has 0 saturated heterocycles. The summed E-state index contributed by atoms with van der Waals surface area (Å²) < 4.78 is 18.0. The normalized spacial score (nSPS) is 19.7. The number of fused-ring (bicyclic) bond motifs is 3. The van der Waals surface area contributed by atoms with Gasteiger partial charge in [-0.1, -0.05) is 84.5 Å². The van der Waals surface area contributed by atoms with Crippen molar-refractivity contribution in [3.63, 3.8) is 0 Å². The van der Waals surface area contributed by atoms with E-state index in [0.29, 0.717) is 30.8 Å².